The fourth-order valence-electron chi connectivity index (χ4n) is 3.30. The van der Waals surface area contributed by atoms with Crippen molar-refractivity contribution in [1.82, 2.24) is 20.2 Å². The van der Waals surface area contributed by atoms with Crippen molar-refractivity contribution in [2.24, 2.45) is 11.7 Å². The average molecular weight is 351 g/mol. The van der Waals surface area contributed by atoms with Crippen molar-refractivity contribution in [2.75, 3.05) is 26.3 Å². The van der Waals surface area contributed by atoms with Crippen LogP contribution in [0.5, 0.6) is 0 Å². The number of nitrogens with one attached hydrogen (secondary N) is 2. The summed E-state index contributed by atoms with van der Waals surface area (Å²) in [5.74, 6) is 0.670. The molecule has 0 bridgehead atoms. The maximum Gasteiger partial charge on any atom is 0.251 e. The van der Waals surface area contributed by atoms with Gasteiger partial charge in [0.25, 0.3) is 5.56 Å². The van der Waals surface area contributed by atoms with Gasteiger partial charge in [-0.1, -0.05) is 26.7 Å². The molecule has 1 atom stereocenters. The molecule has 8 nitrogen and oxygen atoms in total. The Morgan fingerprint density at radius 3 is 2.68 bits per heavy atom. The van der Waals surface area contributed by atoms with E-state index in [1.54, 1.807) is 0 Å². The molecule has 2 heterocycles. The number of amides is 1. The lowest BCUT2D eigenvalue weighted by atomic mass is 9.91. The number of carbonyl (C=O) groups is 1. The minimum atomic E-state index is -0.260. The average Bonchev–Trinajstić information content (AvgIpc) is 2.64. The molecule has 1 aliphatic rings. The van der Waals surface area contributed by atoms with Crippen molar-refractivity contribution in [3.05, 3.63) is 27.9 Å². The number of aromatic nitrogens is 2. The summed E-state index contributed by atoms with van der Waals surface area (Å²) in [5.41, 5.74) is 5.80. The van der Waals surface area contributed by atoms with Crippen LogP contribution in [0.4, 0.5) is 0 Å². The van der Waals surface area contributed by atoms with Gasteiger partial charge in [0, 0.05) is 25.7 Å². The first kappa shape index (κ1) is 19.6. The molecule has 0 spiro atoms. The van der Waals surface area contributed by atoms with Crippen molar-refractivity contribution in [3.8, 4) is 0 Å². The summed E-state index contributed by atoms with van der Waals surface area (Å²) in [4.78, 5) is 33.6. The SMILES string of the molecule is CCC(CC)C(C(=O)NCc1nc(CN)cc(=O)[nH]1)N1CCOCC1. The van der Waals surface area contributed by atoms with Crippen LogP contribution < -0.4 is 16.6 Å². The fourth-order valence-corrected chi connectivity index (χ4v) is 3.30. The molecule has 1 fully saturated rings. The third-order valence-corrected chi connectivity index (χ3v) is 4.69. The van der Waals surface area contributed by atoms with Crippen LogP contribution in [-0.4, -0.2) is 53.1 Å². The fraction of sp³-hybridized carbons (Fsp3) is 0.706. The van der Waals surface area contributed by atoms with Crippen molar-refractivity contribution in [3.63, 3.8) is 0 Å². The zero-order chi connectivity index (χ0) is 18.2. The predicted octanol–water partition coefficient (Wildman–Crippen LogP) is -0.0182. The van der Waals surface area contributed by atoms with Gasteiger partial charge < -0.3 is 20.8 Å². The van der Waals surface area contributed by atoms with Crippen LogP contribution in [0.3, 0.4) is 0 Å². The van der Waals surface area contributed by atoms with Crippen LogP contribution in [0.25, 0.3) is 0 Å². The van der Waals surface area contributed by atoms with Gasteiger partial charge in [0.05, 0.1) is 31.5 Å². The van der Waals surface area contributed by atoms with E-state index in [2.05, 4.69) is 34.0 Å². The second kappa shape index (κ2) is 9.65. The van der Waals surface area contributed by atoms with Gasteiger partial charge in [0.15, 0.2) is 0 Å². The Hall–Kier alpha value is -1.77. The molecule has 1 amide bonds. The predicted molar refractivity (Wildman–Crippen MR) is 94.8 cm³/mol. The third kappa shape index (κ3) is 5.35. The Balaban J connectivity index is 2.08. The van der Waals surface area contributed by atoms with Crippen LogP contribution >= 0.6 is 0 Å². The number of hydrogen-bond acceptors (Lipinski definition) is 6. The summed E-state index contributed by atoms with van der Waals surface area (Å²) in [6, 6.07) is 1.18. The number of H-pyrrole nitrogens is 1. The molecule has 4 N–H and O–H groups in total. The maximum absolute atomic E-state index is 12.9. The van der Waals surface area contributed by atoms with Gasteiger partial charge in [0.2, 0.25) is 5.91 Å². The van der Waals surface area contributed by atoms with E-state index in [0.717, 1.165) is 25.9 Å². The number of aromatic amines is 1. The Labute approximate surface area is 148 Å². The highest BCUT2D eigenvalue weighted by Gasteiger charge is 2.32. The molecule has 0 saturated carbocycles. The molecule has 0 aromatic carbocycles. The highest BCUT2D eigenvalue weighted by atomic mass is 16.5. The van der Waals surface area contributed by atoms with Gasteiger partial charge in [-0.15, -0.1) is 0 Å². The molecule has 140 valence electrons. The zero-order valence-electron chi connectivity index (χ0n) is 15.1. The van der Waals surface area contributed by atoms with E-state index >= 15 is 0 Å². The van der Waals surface area contributed by atoms with Crippen LogP contribution in [0.2, 0.25) is 0 Å². The van der Waals surface area contributed by atoms with E-state index in [9.17, 15) is 9.59 Å². The minimum absolute atomic E-state index is 0.0311. The van der Waals surface area contributed by atoms with E-state index < -0.39 is 0 Å². The van der Waals surface area contributed by atoms with Crippen LogP contribution in [0, 0.1) is 5.92 Å². The Morgan fingerprint density at radius 1 is 1.40 bits per heavy atom. The van der Waals surface area contributed by atoms with Crippen molar-refractivity contribution < 1.29 is 9.53 Å². The van der Waals surface area contributed by atoms with Gasteiger partial charge in [-0.2, -0.15) is 0 Å². The number of nitrogens with zero attached hydrogens (tertiary/aromatic N) is 2. The Bertz CT molecular complexity index is 609. The number of nitrogens with two attached hydrogens (primary N) is 1. The highest BCUT2D eigenvalue weighted by molar-refractivity contribution is 5.82. The van der Waals surface area contributed by atoms with Crippen LogP contribution in [-0.2, 0) is 22.6 Å². The number of hydrogen-bond donors (Lipinski definition) is 3. The monoisotopic (exact) mass is 351 g/mol. The largest absolute Gasteiger partial charge is 0.379 e. The molecule has 25 heavy (non-hydrogen) atoms. The summed E-state index contributed by atoms with van der Waals surface area (Å²) < 4.78 is 5.41. The molecule has 1 aromatic heterocycles. The molecule has 1 unspecified atom stereocenters. The third-order valence-electron chi connectivity index (χ3n) is 4.69. The van der Waals surface area contributed by atoms with Gasteiger partial charge in [-0.05, 0) is 5.92 Å². The van der Waals surface area contributed by atoms with E-state index in [1.807, 2.05) is 0 Å². The lowest BCUT2D eigenvalue weighted by molar-refractivity contribution is -0.131. The van der Waals surface area contributed by atoms with Crippen LogP contribution in [0.1, 0.15) is 38.2 Å². The van der Waals surface area contributed by atoms with Gasteiger partial charge in [-0.3, -0.25) is 14.5 Å². The number of ether oxygens (including phenoxy) is 1. The molecule has 2 rings (SSSR count). The molecule has 1 saturated heterocycles. The normalized spacial score (nSPS) is 16.8. The van der Waals surface area contributed by atoms with Gasteiger partial charge in [0.1, 0.15) is 5.82 Å². The van der Waals surface area contributed by atoms with Crippen molar-refractivity contribution in [2.45, 2.75) is 45.8 Å². The Kier molecular flexibility index (Phi) is 7.54. The highest BCUT2D eigenvalue weighted by Crippen LogP contribution is 2.20. The first-order valence-electron chi connectivity index (χ1n) is 8.97. The molecule has 8 heteroatoms. The van der Waals surface area contributed by atoms with E-state index in [1.165, 1.54) is 6.07 Å². The van der Waals surface area contributed by atoms with Crippen LogP contribution in [0.15, 0.2) is 10.9 Å². The lowest BCUT2D eigenvalue weighted by Crippen LogP contribution is -2.54. The lowest BCUT2D eigenvalue weighted by Gasteiger charge is -2.37. The topological polar surface area (TPSA) is 113 Å². The first-order valence-corrected chi connectivity index (χ1v) is 8.97. The number of carbonyl (C=O) groups excluding carboxylic acids is 1. The van der Waals surface area contributed by atoms with Gasteiger partial charge >= 0.3 is 0 Å². The van der Waals surface area contributed by atoms with E-state index in [0.29, 0.717) is 24.7 Å². The standard InChI is InChI=1S/C17H29N5O3/c1-3-12(4-2)16(22-5-7-25-8-6-22)17(24)19-11-14-20-13(10-18)9-15(23)21-14/h9,12,16H,3-8,10-11,18H2,1-2H3,(H,19,24)(H,20,21,23). The quantitative estimate of drug-likeness (QED) is 0.607. The summed E-state index contributed by atoms with van der Waals surface area (Å²) in [6.07, 6.45) is 1.87. The second-order valence-electron chi connectivity index (χ2n) is 6.28. The molecule has 0 radical (unpaired) electrons. The minimum Gasteiger partial charge on any atom is -0.379 e. The molecular formula is C17H29N5O3. The van der Waals surface area contributed by atoms with Gasteiger partial charge in [-0.25, -0.2) is 4.98 Å². The number of rotatable bonds is 8. The smallest absolute Gasteiger partial charge is 0.251 e. The van der Waals surface area contributed by atoms with Crippen molar-refractivity contribution >= 4 is 5.91 Å². The van der Waals surface area contributed by atoms with E-state index in [-0.39, 0.29) is 36.5 Å². The molecular weight excluding hydrogens is 322 g/mol. The molecule has 1 aromatic rings. The second-order valence-corrected chi connectivity index (χ2v) is 6.28. The summed E-state index contributed by atoms with van der Waals surface area (Å²) in [5, 5.41) is 2.93. The summed E-state index contributed by atoms with van der Waals surface area (Å²) in [7, 11) is 0. The van der Waals surface area contributed by atoms with Crippen molar-refractivity contribution in [1.29, 1.82) is 0 Å². The summed E-state index contributed by atoms with van der Waals surface area (Å²) >= 11 is 0. The van der Waals surface area contributed by atoms with E-state index in [4.69, 9.17) is 10.5 Å². The zero-order valence-corrected chi connectivity index (χ0v) is 15.1. The molecule has 0 aliphatic carbocycles. The number of morpholine rings is 1. The summed E-state index contributed by atoms with van der Waals surface area (Å²) in [6.45, 7) is 7.41. The first-order chi connectivity index (χ1) is 12.1. The Morgan fingerprint density at radius 2 is 2.08 bits per heavy atom. The maximum atomic E-state index is 12.9. The molecule has 1 aliphatic heterocycles.